The summed E-state index contributed by atoms with van der Waals surface area (Å²) in [6.07, 6.45) is 0. The minimum Gasteiger partial charge on any atom is -0.142 e. The Morgan fingerprint density at radius 3 is 2.44 bits per heavy atom. The summed E-state index contributed by atoms with van der Waals surface area (Å²) in [7, 11) is 0. The molecule has 0 amide bonds. The zero-order valence-corrected chi connectivity index (χ0v) is 6.28. The second-order valence-corrected chi connectivity index (χ2v) is 2.73. The Hall–Kier alpha value is -0.410. The largest absolute Gasteiger partial charge is 0.142 e. The standard InChI is InChI=1S/C6H5NS2/c8-7-9-6-4-2-1-3-5-6/h1-5H. The predicted molar refractivity (Wildman–Crippen MR) is 42.1 cm³/mol. The highest BCUT2D eigenvalue weighted by molar-refractivity contribution is 8.00. The molecule has 0 aliphatic carbocycles. The van der Waals surface area contributed by atoms with Gasteiger partial charge in [-0.2, -0.15) is 0 Å². The van der Waals surface area contributed by atoms with Crippen molar-refractivity contribution in [2.75, 3.05) is 0 Å². The summed E-state index contributed by atoms with van der Waals surface area (Å²) in [4.78, 5) is 1.09. The SMILES string of the molecule is S=NSc1ccccc1. The van der Waals surface area contributed by atoms with E-state index in [-0.39, 0.29) is 0 Å². The first-order valence-corrected chi connectivity index (χ1v) is 3.62. The second-order valence-electron chi connectivity index (χ2n) is 1.48. The lowest BCUT2D eigenvalue weighted by molar-refractivity contribution is 1.46. The van der Waals surface area contributed by atoms with Crippen LogP contribution in [0.1, 0.15) is 0 Å². The van der Waals surface area contributed by atoms with E-state index in [0.717, 1.165) is 4.90 Å². The van der Waals surface area contributed by atoms with Crippen molar-refractivity contribution in [2.24, 2.45) is 3.77 Å². The molecule has 0 aliphatic rings. The molecular weight excluding hydrogens is 150 g/mol. The minimum atomic E-state index is 1.09. The van der Waals surface area contributed by atoms with Gasteiger partial charge < -0.3 is 0 Å². The van der Waals surface area contributed by atoms with Gasteiger partial charge in [-0.05, 0) is 12.1 Å². The van der Waals surface area contributed by atoms with Crippen LogP contribution in [0.5, 0.6) is 0 Å². The molecule has 0 bridgehead atoms. The lowest BCUT2D eigenvalue weighted by atomic mass is 10.4. The lowest BCUT2D eigenvalue weighted by Gasteiger charge is -1.88. The zero-order chi connectivity index (χ0) is 6.53. The van der Waals surface area contributed by atoms with Crippen molar-refractivity contribution in [3.05, 3.63) is 30.3 Å². The van der Waals surface area contributed by atoms with Crippen LogP contribution in [0.4, 0.5) is 0 Å². The van der Waals surface area contributed by atoms with Crippen molar-refractivity contribution in [3.63, 3.8) is 0 Å². The van der Waals surface area contributed by atoms with Crippen LogP contribution in [0.15, 0.2) is 39.0 Å². The molecule has 0 aliphatic heterocycles. The van der Waals surface area contributed by atoms with Crippen molar-refractivity contribution in [1.29, 1.82) is 0 Å². The maximum absolute atomic E-state index is 4.42. The summed E-state index contributed by atoms with van der Waals surface area (Å²) < 4.78 is 3.51. The highest BCUT2D eigenvalue weighted by Crippen LogP contribution is 2.16. The van der Waals surface area contributed by atoms with Crippen molar-refractivity contribution in [2.45, 2.75) is 4.90 Å². The third kappa shape index (κ3) is 2.11. The molecule has 9 heavy (non-hydrogen) atoms. The Bertz CT molecular complexity index is 186. The highest BCUT2D eigenvalue weighted by Gasteiger charge is 1.85. The van der Waals surface area contributed by atoms with Gasteiger partial charge in [-0.15, -0.1) is 3.77 Å². The average molecular weight is 155 g/mol. The van der Waals surface area contributed by atoms with Gasteiger partial charge in [0.05, 0.1) is 0 Å². The molecular formula is C6H5NS2. The molecule has 0 spiro atoms. The van der Waals surface area contributed by atoms with Gasteiger partial charge in [0.2, 0.25) is 0 Å². The molecule has 0 heterocycles. The fourth-order valence-electron chi connectivity index (χ4n) is 0.524. The Balaban J connectivity index is 2.72. The van der Waals surface area contributed by atoms with E-state index in [1.165, 1.54) is 11.9 Å². The van der Waals surface area contributed by atoms with Gasteiger partial charge >= 0.3 is 0 Å². The van der Waals surface area contributed by atoms with Gasteiger partial charge in [0.25, 0.3) is 0 Å². The summed E-state index contributed by atoms with van der Waals surface area (Å²) in [5.74, 6) is 0. The monoisotopic (exact) mass is 155 g/mol. The topological polar surface area (TPSA) is 12.4 Å². The molecule has 0 radical (unpaired) electrons. The van der Waals surface area contributed by atoms with Crippen LogP contribution in [-0.4, -0.2) is 0 Å². The Morgan fingerprint density at radius 2 is 1.89 bits per heavy atom. The number of hydrogen-bond acceptors (Lipinski definition) is 3. The number of rotatable bonds is 2. The molecule has 1 aromatic carbocycles. The maximum atomic E-state index is 4.42. The van der Waals surface area contributed by atoms with E-state index < -0.39 is 0 Å². The first-order chi connectivity index (χ1) is 4.43. The highest BCUT2D eigenvalue weighted by atomic mass is 32.2. The van der Waals surface area contributed by atoms with E-state index in [2.05, 4.69) is 16.2 Å². The number of hydrogen-bond donors (Lipinski definition) is 0. The average Bonchev–Trinajstić information content (AvgIpc) is 1.91. The van der Waals surface area contributed by atoms with Crippen LogP contribution in [0.3, 0.4) is 0 Å². The minimum absolute atomic E-state index is 1.09. The van der Waals surface area contributed by atoms with Crippen LogP contribution < -0.4 is 0 Å². The smallest absolute Gasteiger partial charge is 0.0499 e. The first kappa shape index (κ1) is 6.71. The maximum Gasteiger partial charge on any atom is 0.0499 e. The molecule has 0 N–H and O–H groups in total. The molecule has 0 atom stereocenters. The molecule has 46 valence electrons. The molecule has 0 unspecified atom stereocenters. The fraction of sp³-hybridized carbons (Fsp3) is 0. The third-order valence-electron chi connectivity index (χ3n) is 0.886. The third-order valence-corrected chi connectivity index (χ3v) is 1.67. The van der Waals surface area contributed by atoms with Crippen LogP contribution >= 0.6 is 11.9 Å². The molecule has 1 nitrogen and oxygen atoms in total. The van der Waals surface area contributed by atoms with Gasteiger partial charge in [-0.25, -0.2) is 0 Å². The van der Waals surface area contributed by atoms with Gasteiger partial charge in [-0.3, -0.25) is 0 Å². The lowest BCUT2D eigenvalue weighted by Crippen LogP contribution is -1.62. The molecule has 1 aromatic rings. The Labute approximate surface area is 63.8 Å². The normalized spacial score (nSPS) is 8.89. The summed E-state index contributed by atoms with van der Waals surface area (Å²) in [5, 5.41) is 0. The van der Waals surface area contributed by atoms with Crippen LogP contribution in [0.2, 0.25) is 0 Å². The quantitative estimate of drug-likeness (QED) is 0.608. The molecule has 1 rings (SSSR count). The zero-order valence-electron chi connectivity index (χ0n) is 4.65. The predicted octanol–water partition coefficient (Wildman–Crippen LogP) is 2.42. The van der Waals surface area contributed by atoms with E-state index in [4.69, 9.17) is 0 Å². The summed E-state index contributed by atoms with van der Waals surface area (Å²) in [6, 6.07) is 9.83. The van der Waals surface area contributed by atoms with Crippen molar-refractivity contribution < 1.29 is 0 Å². The van der Waals surface area contributed by atoms with Gasteiger partial charge in [0.1, 0.15) is 0 Å². The van der Waals surface area contributed by atoms with Crippen LogP contribution in [-0.2, 0) is 12.4 Å². The van der Waals surface area contributed by atoms with Gasteiger partial charge in [-0.1, -0.05) is 18.2 Å². The van der Waals surface area contributed by atoms with Gasteiger partial charge in [0, 0.05) is 29.3 Å². The molecule has 3 heteroatoms. The summed E-state index contributed by atoms with van der Waals surface area (Å²) >= 11 is 5.74. The van der Waals surface area contributed by atoms with Crippen molar-refractivity contribution in [1.82, 2.24) is 0 Å². The second kappa shape index (κ2) is 3.58. The van der Waals surface area contributed by atoms with Crippen LogP contribution in [0.25, 0.3) is 0 Å². The van der Waals surface area contributed by atoms with E-state index in [1.54, 1.807) is 0 Å². The summed E-state index contributed by atoms with van der Waals surface area (Å²) in [6.45, 7) is 0. The number of nitrogens with zero attached hydrogens (tertiary/aromatic N) is 1. The van der Waals surface area contributed by atoms with E-state index in [1.807, 2.05) is 30.3 Å². The molecule has 0 saturated heterocycles. The Kier molecular flexibility index (Phi) is 2.67. The molecule has 0 fully saturated rings. The van der Waals surface area contributed by atoms with E-state index in [9.17, 15) is 0 Å². The van der Waals surface area contributed by atoms with Crippen molar-refractivity contribution >= 4 is 24.4 Å². The van der Waals surface area contributed by atoms with Crippen LogP contribution in [0, 0.1) is 0 Å². The Morgan fingerprint density at radius 1 is 1.22 bits per heavy atom. The van der Waals surface area contributed by atoms with E-state index >= 15 is 0 Å². The number of benzene rings is 1. The molecule has 0 saturated carbocycles. The first-order valence-electron chi connectivity index (χ1n) is 2.48. The summed E-state index contributed by atoms with van der Waals surface area (Å²) in [5.41, 5.74) is 0. The van der Waals surface area contributed by atoms with Gasteiger partial charge in [0.15, 0.2) is 0 Å². The van der Waals surface area contributed by atoms with E-state index in [0.29, 0.717) is 0 Å². The molecule has 0 aromatic heterocycles. The van der Waals surface area contributed by atoms with Crippen molar-refractivity contribution in [3.8, 4) is 0 Å². The fourth-order valence-corrected chi connectivity index (χ4v) is 1.15.